The van der Waals surface area contributed by atoms with Gasteiger partial charge in [-0.15, -0.1) is 0 Å². The van der Waals surface area contributed by atoms with Gasteiger partial charge in [0, 0.05) is 16.3 Å². The molecule has 0 radical (unpaired) electrons. The third-order valence-electron chi connectivity index (χ3n) is 3.75. The smallest absolute Gasteiger partial charge is 0.333 e. The second kappa shape index (κ2) is 7.60. The summed E-state index contributed by atoms with van der Waals surface area (Å²) in [5.74, 6) is -1.85. The van der Waals surface area contributed by atoms with E-state index in [2.05, 4.69) is 10.4 Å². The quantitative estimate of drug-likeness (QED) is 0.817. The summed E-state index contributed by atoms with van der Waals surface area (Å²) in [5, 5.41) is 15.9. The van der Waals surface area contributed by atoms with Gasteiger partial charge in [0.25, 0.3) is 0 Å². The summed E-state index contributed by atoms with van der Waals surface area (Å²) in [7, 11) is 0. The minimum atomic E-state index is -2.81. The van der Waals surface area contributed by atoms with Crippen molar-refractivity contribution in [1.82, 2.24) is 15.1 Å². The van der Waals surface area contributed by atoms with Crippen LogP contribution in [-0.2, 0) is 16.0 Å². The topological polar surface area (TPSA) is 84.2 Å². The van der Waals surface area contributed by atoms with E-state index in [-0.39, 0.29) is 12.1 Å². The first-order valence-electron chi connectivity index (χ1n) is 7.31. The Morgan fingerprint density at radius 3 is 2.36 bits per heavy atom. The third kappa shape index (κ3) is 4.33. The van der Waals surface area contributed by atoms with Crippen molar-refractivity contribution >= 4 is 23.5 Å². The maximum absolute atomic E-state index is 12.8. The second-order valence-corrected chi connectivity index (χ2v) is 5.88. The molecule has 0 spiro atoms. The number of aromatic nitrogens is 2. The molecule has 25 heavy (non-hydrogen) atoms. The van der Waals surface area contributed by atoms with E-state index in [4.69, 9.17) is 11.6 Å². The van der Waals surface area contributed by atoms with Crippen LogP contribution >= 0.6 is 11.6 Å². The van der Waals surface area contributed by atoms with Crippen LogP contribution in [0.4, 0.5) is 8.78 Å². The normalized spacial score (nSPS) is 12.2. The van der Waals surface area contributed by atoms with E-state index in [1.807, 2.05) is 0 Å². The number of carboxylic acids is 1. The van der Waals surface area contributed by atoms with Crippen LogP contribution in [0, 0.1) is 13.8 Å². The van der Waals surface area contributed by atoms with Crippen LogP contribution in [0.5, 0.6) is 0 Å². The Balaban J connectivity index is 2.18. The van der Waals surface area contributed by atoms with Gasteiger partial charge in [-0.3, -0.25) is 4.79 Å². The molecule has 1 heterocycles. The van der Waals surface area contributed by atoms with Gasteiger partial charge < -0.3 is 10.4 Å². The summed E-state index contributed by atoms with van der Waals surface area (Å²) in [6.45, 7) is 0.140. The molecule has 0 saturated carbocycles. The monoisotopic (exact) mass is 371 g/mol. The fourth-order valence-corrected chi connectivity index (χ4v) is 2.58. The van der Waals surface area contributed by atoms with E-state index < -0.39 is 24.5 Å². The summed E-state index contributed by atoms with van der Waals surface area (Å²) in [6, 6.07) is 4.75. The number of halogens is 3. The molecule has 6 nitrogen and oxygen atoms in total. The maximum atomic E-state index is 12.8. The third-order valence-corrected chi connectivity index (χ3v) is 4.00. The van der Waals surface area contributed by atoms with Crippen LogP contribution in [0.2, 0.25) is 5.02 Å². The van der Waals surface area contributed by atoms with Crippen LogP contribution in [0.1, 0.15) is 35.1 Å². The Kier molecular flexibility index (Phi) is 5.73. The molecule has 2 N–H and O–H groups in total. The van der Waals surface area contributed by atoms with Gasteiger partial charge in [-0.05, 0) is 31.5 Å². The highest BCUT2D eigenvalue weighted by molar-refractivity contribution is 6.30. The highest BCUT2D eigenvalue weighted by atomic mass is 35.5. The zero-order valence-electron chi connectivity index (χ0n) is 13.5. The summed E-state index contributed by atoms with van der Waals surface area (Å²) < 4.78 is 26.2. The van der Waals surface area contributed by atoms with Crippen LogP contribution in [0.25, 0.3) is 0 Å². The first-order chi connectivity index (χ1) is 11.7. The number of nitrogens with one attached hydrogen (secondary N) is 1. The van der Waals surface area contributed by atoms with Gasteiger partial charge in [-0.1, -0.05) is 23.7 Å². The molecule has 2 rings (SSSR count). The largest absolute Gasteiger partial charge is 0.479 e. The molecular formula is C16H16ClF2N3O3. The van der Waals surface area contributed by atoms with E-state index >= 15 is 0 Å². The molecule has 9 heteroatoms. The van der Waals surface area contributed by atoms with Crippen molar-refractivity contribution in [3.63, 3.8) is 0 Å². The zero-order valence-corrected chi connectivity index (χ0v) is 14.2. The molecule has 134 valence electrons. The molecule has 1 aromatic heterocycles. The summed E-state index contributed by atoms with van der Waals surface area (Å²) in [6.07, 6.45) is -0.248. The van der Waals surface area contributed by atoms with Crippen LogP contribution in [0.3, 0.4) is 0 Å². The fraction of sp³-hybridized carbons (Fsp3) is 0.312. The molecule has 2 aromatic rings. The van der Waals surface area contributed by atoms with Crippen molar-refractivity contribution in [2.24, 2.45) is 0 Å². The average Bonchev–Trinajstić information content (AvgIpc) is 2.81. The highest BCUT2D eigenvalue weighted by Gasteiger charge is 2.24. The lowest BCUT2D eigenvalue weighted by Crippen LogP contribution is -2.34. The van der Waals surface area contributed by atoms with E-state index in [0.29, 0.717) is 26.5 Å². The predicted molar refractivity (Wildman–Crippen MR) is 86.6 cm³/mol. The minimum absolute atomic E-state index is 0.168. The predicted octanol–water partition coefficient (Wildman–Crippen LogP) is 3.03. The van der Waals surface area contributed by atoms with Crippen molar-refractivity contribution in [3.8, 4) is 0 Å². The number of hydrogen-bond donors (Lipinski definition) is 2. The number of nitrogens with zero attached hydrogens (tertiary/aromatic N) is 2. The second-order valence-electron chi connectivity index (χ2n) is 5.44. The number of carboxylic acid groups (broad SMARTS) is 1. The molecule has 0 aliphatic heterocycles. The van der Waals surface area contributed by atoms with Crippen molar-refractivity contribution in [2.45, 2.75) is 32.9 Å². The van der Waals surface area contributed by atoms with Gasteiger partial charge in [-0.2, -0.15) is 13.9 Å². The number of alkyl halides is 2. The van der Waals surface area contributed by atoms with Gasteiger partial charge in [0.1, 0.15) is 0 Å². The maximum Gasteiger partial charge on any atom is 0.333 e. The van der Waals surface area contributed by atoms with E-state index in [0.717, 1.165) is 0 Å². The zero-order chi connectivity index (χ0) is 18.7. The fourth-order valence-electron chi connectivity index (χ4n) is 2.46. The standard InChI is InChI=1S/C16H16ClF2N3O3/c1-8-12(9(2)22(21-8)16(18)19)7-13(23)20-14(15(24)25)10-3-5-11(17)6-4-10/h3-6,14,16H,7H2,1-2H3,(H,20,23)(H,24,25). The molecular weight excluding hydrogens is 356 g/mol. The molecule has 0 saturated heterocycles. The summed E-state index contributed by atoms with van der Waals surface area (Å²) in [5.41, 5.74) is 1.16. The molecule has 1 aromatic carbocycles. The van der Waals surface area contributed by atoms with Gasteiger partial charge in [-0.25, -0.2) is 9.48 Å². The summed E-state index contributed by atoms with van der Waals surface area (Å²) >= 11 is 5.77. The number of rotatable bonds is 6. The van der Waals surface area contributed by atoms with Crippen LogP contribution in [0.15, 0.2) is 24.3 Å². The van der Waals surface area contributed by atoms with Gasteiger partial charge in [0.15, 0.2) is 6.04 Å². The number of aliphatic carboxylic acids is 1. The molecule has 0 bridgehead atoms. The Morgan fingerprint density at radius 1 is 1.28 bits per heavy atom. The van der Waals surface area contributed by atoms with Crippen LogP contribution in [-0.4, -0.2) is 26.8 Å². The molecule has 1 unspecified atom stereocenters. The first kappa shape index (κ1) is 18.9. The molecule has 0 aliphatic carbocycles. The first-order valence-corrected chi connectivity index (χ1v) is 7.69. The molecule has 0 aliphatic rings. The average molecular weight is 372 g/mol. The highest BCUT2D eigenvalue weighted by Crippen LogP contribution is 2.21. The Bertz CT molecular complexity index is 791. The lowest BCUT2D eigenvalue weighted by Gasteiger charge is -2.15. The summed E-state index contributed by atoms with van der Waals surface area (Å²) in [4.78, 5) is 23.7. The Hall–Kier alpha value is -2.48. The lowest BCUT2D eigenvalue weighted by atomic mass is 10.1. The van der Waals surface area contributed by atoms with E-state index in [1.54, 1.807) is 0 Å². The van der Waals surface area contributed by atoms with Crippen molar-refractivity contribution in [3.05, 3.63) is 51.8 Å². The number of hydrogen-bond acceptors (Lipinski definition) is 3. The minimum Gasteiger partial charge on any atom is -0.479 e. The number of benzene rings is 1. The molecule has 1 amide bonds. The number of carbonyl (C=O) groups excluding carboxylic acids is 1. The molecule has 1 atom stereocenters. The number of aryl methyl sites for hydroxylation is 1. The van der Waals surface area contributed by atoms with Crippen molar-refractivity contribution in [1.29, 1.82) is 0 Å². The van der Waals surface area contributed by atoms with Gasteiger partial charge >= 0.3 is 12.5 Å². The SMILES string of the molecule is Cc1nn(C(F)F)c(C)c1CC(=O)NC(C(=O)O)c1ccc(Cl)cc1. The Morgan fingerprint density at radius 2 is 1.88 bits per heavy atom. The van der Waals surface area contributed by atoms with Gasteiger partial charge in [0.05, 0.1) is 12.1 Å². The number of amides is 1. The Labute approximate surface area is 147 Å². The van der Waals surface area contributed by atoms with Gasteiger partial charge in [0.2, 0.25) is 5.91 Å². The lowest BCUT2D eigenvalue weighted by molar-refractivity contribution is -0.141. The van der Waals surface area contributed by atoms with Crippen molar-refractivity contribution < 1.29 is 23.5 Å². The van der Waals surface area contributed by atoms with Crippen molar-refractivity contribution in [2.75, 3.05) is 0 Å². The number of carbonyl (C=O) groups is 2. The van der Waals surface area contributed by atoms with E-state index in [1.165, 1.54) is 38.1 Å². The van der Waals surface area contributed by atoms with E-state index in [9.17, 15) is 23.5 Å². The molecule has 0 fully saturated rings. The van der Waals surface area contributed by atoms with Crippen LogP contribution < -0.4 is 5.32 Å².